The summed E-state index contributed by atoms with van der Waals surface area (Å²) in [7, 11) is 0. The molecule has 2 unspecified atom stereocenters. The average Bonchev–Trinajstić information content (AvgIpc) is 2.73. The highest BCUT2D eigenvalue weighted by Gasteiger charge is 2.35. The zero-order valence-corrected chi connectivity index (χ0v) is 11.5. The lowest BCUT2D eigenvalue weighted by molar-refractivity contribution is -0.137. The van der Waals surface area contributed by atoms with E-state index in [-0.39, 0.29) is 5.60 Å². The van der Waals surface area contributed by atoms with Gasteiger partial charge < -0.3 is 9.84 Å². The molecule has 0 amide bonds. The van der Waals surface area contributed by atoms with Crippen LogP contribution in [-0.2, 0) is 9.53 Å². The smallest absolute Gasteiger partial charge is 0.303 e. The van der Waals surface area contributed by atoms with Gasteiger partial charge in [-0.05, 0) is 52.0 Å². The second-order valence-electron chi connectivity index (χ2n) is 6.34. The summed E-state index contributed by atoms with van der Waals surface area (Å²) in [5, 5.41) is 8.73. The van der Waals surface area contributed by atoms with Crippen molar-refractivity contribution >= 4 is 5.97 Å². The second kappa shape index (κ2) is 5.57. The van der Waals surface area contributed by atoms with Crippen LogP contribution in [0.2, 0.25) is 0 Å². The van der Waals surface area contributed by atoms with Gasteiger partial charge in [0.25, 0.3) is 0 Å². The summed E-state index contributed by atoms with van der Waals surface area (Å²) in [6, 6.07) is 0.628. The number of hydrogen-bond acceptors (Lipinski definition) is 3. The van der Waals surface area contributed by atoms with Crippen molar-refractivity contribution in [1.82, 2.24) is 4.90 Å². The summed E-state index contributed by atoms with van der Waals surface area (Å²) < 4.78 is 5.76. The van der Waals surface area contributed by atoms with Gasteiger partial charge >= 0.3 is 5.97 Å². The molecule has 0 aliphatic carbocycles. The maximum Gasteiger partial charge on any atom is 0.303 e. The Balaban J connectivity index is 1.79. The van der Waals surface area contributed by atoms with Crippen molar-refractivity contribution in [3.63, 3.8) is 0 Å². The van der Waals surface area contributed by atoms with E-state index in [4.69, 9.17) is 9.84 Å². The number of aliphatic carboxylic acids is 1. The lowest BCUT2D eigenvalue weighted by atomic mass is 9.93. The van der Waals surface area contributed by atoms with Crippen LogP contribution >= 0.6 is 0 Å². The molecule has 0 spiro atoms. The van der Waals surface area contributed by atoms with Crippen LogP contribution in [0.4, 0.5) is 0 Å². The summed E-state index contributed by atoms with van der Waals surface area (Å²) in [6.45, 7) is 7.39. The van der Waals surface area contributed by atoms with Gasteiger partial charge in [0, 0.05) is 25.6 Å². The zero-order chi connectivity index (χ0) is 13.2. The Morgan fingerprint density at radius 2 is 2.22 bits per heavy atom. The minimum Gasteiger partial charge on any atom is -0.481 e. The number of carboxylic acid groups (broad SMARTS) is 1. The first-order valence-corrected chi connectivity index (χ1v) is 7.06. The fourth-order valence-electron chi connectivity index (χ4n) is 3.27. The van der Waals surface area contributed by atoms with Gasteiger partial charge in [0.1, 0.15) is 0 Å². The van der Waals surface area contributed by atoms with E-state index in [9.17, 15) is 4.79 Å². The Hall–Kier alpha value is -0.610. The lowest BCUT2D eigenvalue weighted by Gasteiger charge is -2.39. The third-order valence-corrected chi connectivity index (χ3v) is 4.27. The van der Waals surface area contributed by atoms with Crippen molar-refractivity contribution in [3.05, 3.63) is 0 Å². The van der Waals surface area contributed by atoms with Gasteiger partial charge in [-0.1, -0.05) is 0 Å². The molecule has 2 atom stereocenters. The molecule has 0 aromatic rings. The van der Waals surface area contributed by atoms with Crippen LogP contribution in [0.3, 0.4) is 0 Å². The molecule has 4 nitrogen and oxygen atoms in total. The van der Waals surface area contributed by atoms with Gasteiger partial charge in [-0.2, -0.15) is 0 Å². The highest BCUT2D eigenvalue weighted by atomic mass is 16.5. The summed E-state index contributed by atoms with van der Waals surface area (Å²) in [6.07, 6.45) is 4.52. The van der Waals surface area contributed by atoms with E-state index in [1.165, 1.54) is 0 Å². The number of hydrogen-bond donors (Lipinski definition) is 1. The van der Waals surface area contributed by atoms with Gasteiger partial charge in [-0.25, -0.2) is 0 Å². The van der Waals surface area contributed by atoms with Crippen molar-refractivity contribution in [2.24, 2.45) is 5.92 Å². The van der Waals surface area contributed by atoms with E-state index in [0.29, 0.717) is 18.4 Å². The van der Waals surface area contributed by atoms with Crippen LogP contribution in [0.25, 0.3) is 0 Å². The molecule has 0 radical (unpaired) electrons. The highest BCUT2D eigenvalue weighted by Crippen LogP contribution is 2.31. The van der Waals surface area contributed by atoms with Crippen LogP contribution in [0, 0.1) is 5.92 Å². The maximum absolute atomic E-state index is 10.6. The summed E-state index contributed by atoms with van der Waals surface area (Å²) >= 11 is 0. The normalized spacial score (nSPS) is 32.6. The number of likely N-dealkylation sites (tertiary alicyclic amines) is 1. The molecule has 4 heteroatoms. The van der Waals surface area contributed by atoms with E-state index in [0.717, 1.165) is 45.4 Å². The van der Waals surface area contributed by atoms with Gasteiger partial charge in [-0.3, -0.25) is 9.69 Å². The fraction of sp³-hybridized carbons (Fsp3) is 0.929. The van der Waals surface area contributed by atoms with Crippen molar-refractivity contribution in [3.8, 4) is 0 Å². The number of carbonyl (C=O) groups is 1. The van der Waals surface area contributed by atoms with Crippen molar-refractivity contribution in [2.75, 3.05) is 19.7 Å². The summed E-state index contributed by atoms with van der Waals surface area (Å²) in [5.74, 6) is -0.0901. The summed E-state index contributed by atoms with van der Waals surface area (Å²) in [4.78, 5) is 13.1. The lowest BCUT2D eigenvalue weighted by Crippen LogP contribution is -2.45. The van der Waals surface area contributed by atoms with E-state index in [1.54, 1.807) is 0 Å². The van der Waals surface area contributed by atoms with Gasteiger partial charge in [0.15, 0.2) is 0 Å². The first-order valence-electron chi connectivity index (χ1n) is 7.06. The average molecular weight is 255 g/mol. The minimum atomic E-state index is -0.666. The first kappa shape index (κ1) is 13.8. The molecule has 2 rings (SSSR count). The molecular weight excluding hydrogens is 230 g/mol. The quantitative estimate of drug-likeness (QED) is 0.836. The van der Waals surface area contributed by atoms with E-state index in [1.807, 2.05) is 0 Å². The van der Waals surface area contributed by atoms with Gasteiger partial charge in [0.05, 0.1) is 5.60 Å². The molecule has 2 aliphatic heterocycles. The molecule has 2 heterocycles. The van der Waals surface area contributed by atoms with Crippen LogP contribution in [0.15, 0.2) is 0 Å². The summed E-state index contributed by atoms with van der Waals surface area (Å²) in [5.41, 5.74) is 0.00205. The van der Waals surface area contributed by atoms with E-state index < -0.39 is 5.97 Å². The van der Waals surface area contributed by atoms with E-state index in [2.05, 4.69) is 18.7 Å². The molecule has 0 bridgehead atoms. The van der Waals surface area contributed by atoms with Crippen LogP contribution in [-0.4, -0.2) is 47.3 Å². The monoisotopic (exact) mass is 255 g/mol. The maximum atomic E-state index is 10.6. The Morgan fingerprint density at radius 3 is 2.89 bits per heavy atom. The standard InChI is InChI=1S/C14H25NO3/c1-14(2)9-12(6-8-18-14)15-7-5-11(10-15)3-4-13(16)17/h11-12H,3-10H2,1-2H3,(H,16,17). The van der Waals surface area contributed by atoms with Gasteiger partial charge in [-0.15, -0.1) is 0 Å². The molecule has 2 aliphatic rings. The molecule has 2 fully saturated rings. The van der Waals surface area contributed by atoms with E-state index >= 15 is 0 Å². The third-order valence-electron chi connectivity index (χ3n) is 4.27. The molecular formula is C14H25NO3. The molecule has 0 aromatic heterocycles. The molecule has 2 saturated heterocycles. The van der Waals surface area contributed by atoms with Crippen LogP contribution in [0.5, 0.6) is 0 Å². The predicted octanol–water partition coefficient (Wildman–Crippen LogP) is 2.13. The third kappa shape index (κ3) is 3.69. The topological polar surface area (TPSA) is 49.8 Å². The number of nitrogens with zero attached hydrogens (tertiary/aromatic N) is 1. The number of ether oxygens (including phenoxy) is 1. The second-order valence-corrected chi connectivity index (χ2v) is 6.34. The molecule has 1 N–H and O–H groups in total. The molecule has 0 saturated carbocycles. The Kier molecular flexibility index (Phi) is 4.28. The Labute approximate surface area is 109 Å². The van der Waals surface area contributed by atoms with Crippen LogP contribution < -0.4 is 0 Å². The first-order chi connectivity index (χ1) is 8.46. The SMILES string of the molecule is CC1(C)CC(N2CCC(CCC(=O)O)C2)CCO1. The minimum absolute atomic E-state index is 0.00205. The number of rotatable bonds is 4. The van der Waals surface area contributed by atoms with Crippen molar-refractivity contribution in [1.29, 1.82) is 0 Å². The Bertz CT molecular complexity index is 303. The van der Waals surface area contributed by atoms with Crippen molar-refractivity contribution in [2.45, 2.75) is 57.6 Å². The van der Waals surface area contributed by atoms with Crippen molar-refractivity contribution < 1.29 is 14.6 Å². The van der Waals surface area contributed by atoms with Crippen LogP contribution in [0.1, 0.15) is 46.0 Å². The zero-order valence-electron chi connectivity index (χ0n) is 11.5. The Morgan fingerprint density at radius 1 is 1.44 bits per heavy atom. The molecule has 18 heavy (non-hydrogen) atoms. The fourth-order valence-corrected chi connectivity index (χ4v) is 3.27. The molecule has 0 aromatic carbocycles. The number of carboxylic acids is 1. The molecule has 104 valence electrons. The van der Waals surface area contributed by atoms with Gasteiger partial charge in [0.2, 0.25) is 0 Å². The predicted molar refractivity (Wildman–Crippen MR) is 69.6 cm³/mol. The highest BCUT2D eigenvalue weighted by molar-refractivity contribution is 5.66. The largest absolute Gasteiger partial charge is 0.481 e.